The van der Waals surface area contributed by atoms with Gasteiger partial charge in [0.25, 0.3) is 0 Å². The minimum Gasteiger partial charge on any atom is -0.345 e. The summed E-state index contributed by atoms with van der Waals surface area (Å²) in [5.41, 5.74) is 0. The number of carbonyl (C=O) groups excluding carboxylic acids is 1. The molecule has 0 aromatic heterocycles. The van der Waals surface area contributed by atoms with Crippen molar-refractivity contribution >= 4 is 6.41 Å². The Kier molecular flexibility index (Phi) is 3.18. The molecule has 0 radical (unpaired) electrons. The lowest BCUT2D eigenvalue weighted by Gasteiger charge is -2.13. The molecule has 0 aromatic rings. The molecule has 0 aliphatic carbocycles. The second-order valence-corrected chi connectivity index (χ2v) is 2.20. The first-order valence-electron chi connectivity index (χ1n) is 3.48. The van der Waals surface area contributed by atoms with E-state index in [0.717, 1.165) is 26.0 Å². The number of hydrogen-bond donors (Lipinski definition) is 2. The van der Waals surface area contributed by atoms with Crippen molar-refractivity contribution in [3.63, 3.8) is 0 Å². The zero-order valence-corrected chi connectivity index (χ0v) is 5.80. The molecule has 1 aliphatic rings. The van der Waals surface area contributed by atoms with Crippen molar-refractivity contribution in [2.75, 3.05) is 13.2 Å². The third-order valence-corrected chi connectivity index (χ3v) is 1.40. The topological polar surface area (TPSA) is 50.4 Å². The van der Waals surface area contributed by atoms with E-state index in [1.807, 2.05) is 0 Å². The van der Waals surface area contributed by atoms with E-state index < -0.39 is 0 Å². The predicted molar refractivity (Wildman–Crippen MR) is 36.2 cm³/mol. The largest absolute Gasteiger partial charge is 0.345 e. The third-order valence-electron chi connectivity index (χ3n) is 1.40. The highest BCUT2D eigenvalue weighted by Gasteiger charge is 2.08. The Morgan fingerprint density at radius 2 is 2.50 bits per heavy atom. The lowest BCUT2D eigenvalue weighted by atomic mass is 10.3. The zero-order valence-electron chi connectivity index (χ0n) is 5.80. The fourth-order valence-corrected chi connectivity index (χ4v) is 0.889. The van der Waals surface area contributed by atoms with Gasteiger partial charge in [-0.15, -0.1) is 0 Å². The van der Waals surface area contributed by atoms with E-state index in [-0.39, 0.29) is 6.35 Å². The first-order valence-corrected chi connectivity index (χ1v) is 3.48. The number of rotatable bonds is 2. The third kappa shape index (κ3) is 2.33. The standard InChI is InChI=1S/C6H12N2O2/c9-5-8-6-7-3-1-2-4-10-6/h5-7H,1-4H2,(H,8,9). The highest BCUT2D eigenvalue weighted by atomic mass is 16.5. The van der Waals surface area contributed by atoms with Crippen LogP contribution in [0.3, 0.4) is 0 Å². The molecule has 4 nitrogen and oxygen atoms in total. The summed E-state index contributed by atoms with van der Waals surface area (Å²) in [6, 6.07) is 0. The maximum absolute atomic E-state index is 9.95. The quantitative estimate of drug-likeness (QED) is 0.510. The van der Waals surface area contributed by atoms with Crippen LogP contribution in [-0.4, -0.2) is 25.9 Å². The molecule has 1 saturated heterocycles. The van der Waals surface area contributed by atoms with Crippen LogP contribution in [0.5, 0.6) is 0 Å². The summed E-state index contributed by atoms with van der Waals surface area (Å²) in [6.45, 7) is 1.63. The number of carbonyl (C=O) groups is 1. The molecule has 1 fully saturated rings. The van der Waals surface area contributed by atoms with Gasteiger partial charge in [-0.05, 0) is 19.4 Å². The Morgan fingerprint density at radius 3 is 3.30 bits per heavy atom. The average Bonchev–Trinajstić information content (AvgIpc) is 2.17. The van der Waals surface area contributed by atoms with Crippen molar-refractivity contribution in [2.24, 2.45) is 0 Å². The highest BCUT2D eigenvalue weighted by Crippen LogP contribution is 1.95. The van der Waals surface area contributed by atoms with Crippen molar-refractivity contribution in [2.45, 2.75) is 19.2 Å². The SMILES string of the molecule is O=CNC1NCCCCO1. The molecular formula is C6H12N2O2. The van der Waals surface area contributed by atoms with E-state index in [0.29, 0.717) is 6.41 Å². The van der Waals surface area contributed by atoms with Crippen molar-refractivity contribution in [1.82, 2.24) is 10.6 Å². The van der Waals surface area contributed by atoms with E-state index >= 15 is 0 Å². The first kappa shape index (κ1) is 7.50. The smallest absolute Gasteiger partial charge is 0.210 e. The van der Waals surface area contributed by atoms with E-state index in [1.54, 1.807) is 0 Å². The van der Waals surface area contributed by atoms with Gasteiger partial charge in [-0.1, -0.05) is 0 Å². The second kappa shape index (κ2) is 4.24. The normalized spacial score (nSPS) is 27.0. The molecule has 4 heteroatoms. The van der Waals surface area contributed by atoms with Crippen LogP contribution in [0.1, 0.15) is 12.8 Å². The molecule has 1 atom stereocenters. The molecule has 1 unspecified atom stereocenters. The monoisotopic (exact) mass is 144 g/mol. The van der Waals surface area contributed by atoms with Gasteiger partial charge in [-0.25, -0.2) is 0 Å². The summed E-state index contributed by atoms with van der Waals surface area (Å²) < 4.78 is 5.19. The zero-order chi connectivity index (χ0) is 7.23. The fraction of sp³-hybridized carbons (Fsp3) is 0.833. The van der Waals surface area contributed by atoms with Gasteiger partial charge in [-0.2, -0.15) is 0 Å². The molecule has 0 spiro atoms. The van der Waals surface area contributed by atoms with E-state index in [4.69, 9.17) is 4.74 Å². The van der Waals surface area contributed by atoms with Gasteiger partial charge in [0.2, 0.25) is 6.41 Å². The summed E-state index contributed by atoms with van der Waals surface area (Å²) in [7, 11) is 0. The van der Waals surface area contributed by atoms with Gasteiger partial charge < -0.3 is 10.1 Å². The predicted octanol–water partition coefficient (Wildman–Crippen LogP) is -0.584. The Labute approximate surface area is 59.9 Å². The Balaban J connectivity index is 2.21. The van der Waals surface area contributed by atoms with Gasteiger partial charge in [0.15, 0.2) is 6.35 Å². The minimum absolute atomic E-state index is 0.278. The summed E-state index contributed by atoms with van der Waals surface area (Å²) in [5, 5.41) is 5.53. The van der Waals surface area contributed by atoms with Crippen molar-refractivity contribution < 1.29 is 9.53 Å². The van der Waals surface area contributed by atoms with Gasteiger partial charge in [0, 0.05) is 0 Å². The minimum atomic E-state index is -0.278. The molecule has 1 aliphatic heterocycles. The molecule has 2 N–H and O–H groups in total. The lowest BCUT2D eigenvalue weighted by Crippen LogP contribution is -2.42. The summed E-state index contributed by atoms with van der Waals surface area (Å²) in [5.74, 6) is 0. The summed E-state index contributed by atoms with van der Waals surface area (Å²) in [4.78, 5) is 9.95. The van der Waals surface area contributed by atoms with Crippen LogP contribution in [-0.2, 0) is 9.53 Å². The maximum Gasteiger partial charge on any atom is 0.210 e. The number of amides is 1. The first-order chi connectivity index (χ1) is 4.93. The summed E-state index contributed by atoms with van der Waals surface area (Å²) >= 11 is 0. The van der Waals surface area contributed by atoms with Crippen molar-refractivity contribution in [3.05, 3.63) is 0 Å². The molecule has 0 saturated carbocycles. The van der Waals surface area contributed by atoms with Crippen molar-refractivity contribution in [3.8, 4) is 0 Å². The molecule has 1 heterocycles. The van der Waals surface area contributed by atoms with Crippen molar-refractivity contribution in [1.29, 1.82) is 0 Å². The molecule has 58 valence electrons. The number of hydrogen-bond acceptors (Lipinski definition) is 3. The lowest BCUT2D eigenvalue weighted by molar-refractivity contribution is -0.114. The van der Waals surface area contributed by atoms with Gasteiger partial charge in [-0.3, -0.25) is 10.1 Å². The number of nitrogens with one attached hydrogen (secondary N) is 2. The summed E-state index contributed by atoms with van der Waals surface area (Å²) in [6.07, 6.45) is 2.53. The van der Waals surface area contributed by atoms with Crippen LogP contribution in [0.25, 0.3) is 0 Å². The Morgan fingerprint density at radius 1 is 1.60 bits per heavy atom. The average molecular weight is 144 g/mol. The molecule has 10 heavy (non-hydrogen) atoms. The molecule has 1 amide bonds. The van der Waals surface area contributed by atoms with Crippen LogP contribution in [0.15, 0.2) is 0 Å². The highest BCUT2D eigenvalue weighted by molar-refractivity contribution is 5.46. The maximum atomic E-state index is 9.95. The molecule has 0 aromatic carbocycles. The van der Waals surface area contributed by atoms with Gasteiger partial charge in [0.05, 0.1) is 6.61 Å². The number of ether oxygens (including phenoxy) is 1. The van der Waals surface area contributed by atoms with E-state index in [2.05, 4.69) is 10.6 Å². The van der Waals surface area contributed by atoms with Gasteiger partial charge in [0.1, 0.15) is 0 Å². The van der Waals surface area contributed by atoms with Crippen LogP contribution >= 0.6 is 0 Å². The van der Waals surface area contributed by atoms with Crippen LogP contribution < -0.4 is 10.6 Å². The van der Waals surface area contributed by atoms with Crippen LogP contribution in [0, 0.1) is 0 Å². The molecular weight excluding hydrogens is 132 g/mol. The Hall–Kier alpha value is -0.610. The van der Waals surface area contributed by atoms with Gasteiger partial charge >= 0.3 is 0 Å². The van der Waals surface area contributed by atoms with E-state index in [1.165, 1.54) is 0 Å². The fourth-order valence-electron chi connectivity index (χ4n) is 0.889. The Bertz CT molecular complexity index is 99.9. The molecule has 0 bridgehead atoms. The van der Waals surface area contributed by atoms with Crippen LogP contribution in [0.2, 0.25) is 0 Å². The second-order valence-electron chi connectivity index (χ2n) is 2.20. The van der Waals surface area contributed by atoms with Crippen LogP contribution in [0.4, 0.5) is 0 Å². The van der Waals surface area contributed by atoms with E-state index in [9.17, 15) is 4.79 Å². The molecule has 1 rings (SSSR count).